The van der Waals surface area contributed by atoms with E-state index in [1.165, 1.54) is 4.31 Å². The Morgan fingerprint density at radius 1 is 1.38 bits per heavy atom. The second-order valence-electron chi connectivity index (χ2n) is 4.63. The molecule has 0 aliphatic carbocycles. The summed E-state index contributed by atoms with van der Waals surface area (Å²) < 4.78 is 25.8. The summed E-state index contributed by atoms with van der Waals surface area (Å²) in [5, 5.41) is 19.4. The average molecular weight is 315 g/mol. The third-order valence-corrected chi connectivity index (χ3v) is 5.23. The minimum absolute atomic E-state index is 0.107. The third kappa shape index (κ3) is 3.16. The van der Waals surface area contributed by atoms with Gasteiger partial charge in [-0.25, -0.2) is 8.42 Å². The fourth-order valence-electron chi connectivity index (χ4n) is 2.13. The van der Waals surface area contributed by atoms with Gasteiger partial charge < -0.3 is 15.2 Å². The van der Waals surface area contributed by atoms with Crippen molar-refractivity contribution in [2.24, 2.45) is 5.92 Å². The van der Waals surface area contributed by atoms with Crippen molar-refractivity contribution in [1.82, 2.24) is 9.29 Å². The van der Waals surface area contributed by atoms with E-state index in [1.54, 1.807) is 0 Å². The number of nitro groups is 1. The quantitative estimate of drug-likeness (QED) is 0.631. The highest BCUT2D eigenvalue weighted by molar-refractivity contribution is 7.89. The van der Waals surface area contributed by atoms with Gasteiger partial charge in [0.05, 0.1) is 5.92 Å². The van der Waals surface area contributed by atoms with Crippen molar-refractivity contribution in [1.29, 1.82) is 0 Å². The van der Waals surface area contributed by atoms with Crippen LogP contribution in [0.1, 0.15) is 12.8 Å². The molecule has 1 aliphatic rings. The zero-order valence-electron chi connectivity index (χ0n) is 10.9. The number of hydrogen-bond donors (Lipinski definition) is 1. The Morgan fingerprint density at radius 2 is 2.00 bits per heavy atom. The Labute approximate surface area is 120 Å². The van der Waals surface area contributed by atoms with E-state index in [0.29, 0.717) is 0 Å². The highest BCUT2D eigenvalue weighted by atomic mass is 32.2. The highest BCUT2D eigenvalue weighted by Crippen LogP contribution is 2.24. The second kappa shape index (κ2) is 5.74. The molecule has 21 heavy (non-hydrogen) atoms. The van der Waals surface area contributed by atoms with Crippen molar-refractivity contribution >= 4 is 21.8 Å². The topological polar surface area (TPSA) is 131 Å². The van der Waals surface area contributed by atoms with Crippen LogP contribution in [0.25, 0.3) is 0 Å². The lowest BCUT2D eigenvalue weighted by atomic mass is 9.99. The number of carboxylic acids is 1. The lowest BCUT2D eigenvalue weighted by Crippen LogP contribution is -2.40. The number of rotatable bonds is 4. The number of sulfonamides is 1. The molecule has 0 bridgehead atoms. The molecule has 10 heteroatoms. The largest absolute Gasteiger partial charge is 0.481 e. The summed E-state index contributed by atoms with van der Waals surface area (Å²) in [6.07, 6.45) is 1.43. The van der Waals surface area contributed by atoms with Crippen molar-refractivity contribution in [3.63, 3.8) is 0 Å². The minimum atomic E-state index is -3.80. The summed E-state index contributed by atoms with van der Waals surface area (Å²) in [5.41, 5.74) is 0. The molecule has 2 heterocycles. The highest BCUT2D eigenvalue weighted by Gasteiger charge is 2.32. The summed E-state index contributed by atoms with van der Waals surface area (Å²) in [6, 6.07) is 2.15. The molecule has 1 saturated heterocycles. The van der Waals surface area contributed by atoms with E-state index >= 15 is 0 Å². The van der Waals surface area contributed by atoms with Gasteiger partial charge in [-0.2, -0.15) is 4.31 Å². The summed E-state index contributed by atoms with van der Waals surface area (Å²) in [7, 11) is -3.80. The number of hydrogen-bond acceptors (Lipinski definition) is 6. The van der Waals surface area contributed by atoms with Gasteiger partial charge >= 0.3 is 11.8 Å². The maximum absolute atomic E-state index is 12.3. The molecule has 0 aromatic carbocycles. The first kappa shape index (κ1) is 15.3. The van der Waals surface area contributed by atoms with Crippen LogP contribution in [0.3, 0.4) is 0 Å². The van der Waals surface area contributed by atoms with E-state index in [1.807, 2.05) is 0 Å². The number of piperidine rings is 1. The molecule has 1 N–H and O–H groups in total. The number of pyridine rings is 1. The molecule has 114 valence electrons. The van der Waals surface area contributed by atoms with Crippen LogP contribution in [0.15, 0.2) is 23.2 Å². The average Bonchev–Trinajstić information content (AvgIpc) is 2.47. The number of nitrogens with zero attached hydrogens (tertiary/aromatic N) is 3. The van der Waals surface area contributed by atoms with Crippen molar-refractivity contribution in [2.75, 3.05) is 13.1 Å². The van der Waals surface area contributed by atoms with Gasteiger partial charge in [0.15, 0.2) is 6.20 Å². The maximum Gasteiger partial charge on any atom is 0.363 e. The zero-order valence-corrected chi connectivity index (χ0v) is 11.7. The predicted octanol–water partition coefficient (Wildman–Crippen LogP) is 0.475. The summed E-state index contributed by atoms with van der Waals surface area (Å²) in [5.74, 6) is -1.89. The predicted molar refractivity (Wildman–Crippen MR) is 70.0 cm³/mol. The van der Waals surface area contributed by atoms with E-state index in [4.69, 9.17) is 5.11 Å². The molecular formula is C11H13N3O6S. The van der Waals surface area contributed by atoms with E-state index in [9.17, 15) is 23.3 Å². The van der Waals surface area contributed by atoms with E-state index < -0.39 is 32.7 Å². The van der Waals surface area contributed by atoms with Gasteiger partial charge in [0.25, 0.3) is 0 Å². The smallest absolute Gasteiger partial charge is 0.363 e. The van der Waals surface area contributed by atoms with E-state index in [-0.39, 0.29) is 30.8 Å². The van der Waals surface area contributed by atoms with Crippen molar-refractivity contribution in [3.8, 4) is 0 Å². The number of carbonyl (C=O) groups is 1. The van der Waals surface area contributed by atoms with Gasteiger partial charge in [-0.3, -0.25) is 4.79 Å². The molecule has 0 spiro atoms. The zero-order chi connectivity index (χ0) is 15.6. The minimum Gasteiger partial charge on any atom is -0.481 e. The van der Waals surface area contributed by atoms with Gasteiger partial charge in [-0.05, 0) is 28.8 Å². The van der Waals surface area contributed by atoms with Gasteiger partial charge in [-0.1, -0.05) is 0 Å². The van der Waals surface area contributed by atoms with Crippen molar-refractivity contribution in [2.45, 2.75) is 17.7 Å². The van der Waals surface area contributed by atoms with Crippen LogP contribution in [-0.4, -0.2) is 46.8 Å². The van der Waals surface area contributed by atoms with Crippen LogP contribution in [0.4, 0.5) is 5.82 Å². The molecule has 1 aromatic heterocycles. The molecule has 0 amide bonds. The Balaban J connectivity index is 2.15. The van der Waals surface area contributed by atoms with Gasteiger partial charge in [0.2, 0.25) is 10.0 Å². The Kier molecular flexibility index (Phi) is 4.19. The van der Waals surface area contributed by atoms with Crippen molar-refractivity contribution in [3.05, 3.63) is 28.4 Å². The number of aromatic nitrogens is 1. The monoisotopic (exact) mass is 315 g/mol. The SMILES string of the molecule is O=C(O)C1CCN(S(=O)(=O)c2ccc([N+](=O)[O-])nc2)CC1. The molecule has 0 atom stereocenters. The Bertz CT molecular complexity index is 649. The standard InChI is InChI=1S/C11H13N3O6S/c15-11(16)8-3-5-13(6-4-8)21(19,20)9-1-2-10(12-7-9)14(17)18/h1-2,7-8H,3-6H2,(H,15,16). The second-order valence-corrected chi connectivity index (χ2v) is 6.56. The van der Waals surface area contributed by atoms with Crippen LogP contribution >= 0.6 is 0 Å². The summed E-state index contributed by atoms with van der Waals surface area (Å²) in [6.45, 7) is 0.215. The van der Waals surface area contributed by atoms with Crippen LogP contribution in [-0.2, 0) is 14.8 Å². The van der Waals surface area contributed by atoms with Gasteiger partial charge in [-0.15, -0.1) is 0 Å². The molecule has 1 aliphatic heterocycles. The molecule has 2 rings (SSSR count). The molecular weight excluding hydrogens is 302 g/mol. The molecule has 1 aromatic rings. The number of aliphatic carboxylic acids is 1. The van der Waals surface area contributed by atoms with Crippen LogP contribution in [0, 0.1) is 16.0 Å². The summed E-state index contributed by atoms with van der Waals surface area (Å²) >= 11 is 0. The molecule has 0 radical (unpaired) electrons. The number of carboxylic acid groups (broad SMARTS) is 1. The Hall–Kier alpha value is -2.07. The molecule has 9 nitrogen and oxygen atoms in total. The van der Waals surface area contributed by atoms with Crippen molar-refractivity contribution < 1.29 is 23.2 Å². The van der Waals surface area contributed by atoms with Gasteiger partial charge in [0.1, 0.15) is 4.90 Å². The first-order chi connectivity index (χ1) is 9.82. The maximum atomic E-state index is 12.3. The third-order valence-electron chi connectivity index (χ3n) is 3.35. The fourth-order valence-corrected chi connectivity index (χ4v) is 3.54. The van der Waals surface area contributed by atoms with Gasteiger partial charge in [0, 0.05) is 19.2 Å². The molecule has 0 saturated carbocycles. The molecule has 1 fully saturated rings. The van der Waals surface area contributed by atoms with Crippen LogP contribution < -0.4 is 0 Å². The lowest BCUT2D eigenvalue weighted by molar-refractivity contribution is -0.389. The van der Waals surface area contributed by atoms with Crippen LogP contribution in [0.2, 0.25) is 0 Å². The van der Waals surface area contributed by atoms with E-state index in [2.05, 4.69) is 4.98 Å². The first-order valence-corrected chi connectivity index (χ1v) is 7.60. The van der Waals surface area contributed by atoms with Crippen LogP contribution in [0.5, 0.6) is 0 Å². The molecule has 0 unspecified atom stereocenters. The van der Waals surface area contributed by atoms with E-state index in [0.717, 1.165) is 18.3 Å². The first-order valence-electron chi connectivity index (χ1n) is 6.16. The summed E-state index contributed by atoms with van der Waals surface area (Å²) in [4.78, 5) is 24.0. The fraction of sp³-hybridized carbons (Fsp3) is 0.455. The normalized spacial score (nSPS) is 17.5. The Morgan fingerprint density at radius 3 is 2.43 bits per heavy atom. The lowest BCUT2D eigenvalue weighted by Gasteiger charge is -2.28.